The van der Waals surface area contributed by atoms with Gasteiger partial charge in [0.25, 0.3) is 5.91 Å². The minimum absolute atomic E-state index is 0.215. The number of halogens is 2. The summed E-state index contributed by atoms with van der Waals surface area (Å²) in [6.45, 7) is 3.64. The average molecular weight is 324 g/mol. The Kier molecular flexibility index (Phi) is 5.26. The fourth-order valence-electron chi connectivity index (χ4n) is 1.92. The normalized spacial score (nSPS) is 10.5. The molecule has 0 bridgehead atoms. The molecule has 1 N–H and O–H groups in total. The van der Waals surface area contributed by atoms with E-state index < -0.39 is 0 Å². The highest BCUT2D eigenvalue weighted by Gasteiger charge is 2.14. The highest BCUT2D eigenvalue weighted by atomic mass is 35.5. The molecule has 0 aliphatic carbocycles. The Bertz CT molecular complexity index is 675. The summed E-state index contributed by atoms with van der Waals surface area (Å²) in [6.07, 6.45) is 0. The Labute approximate surface area is 132 Å². The summed E-state index contributed by atoms with van der Waals surface area (Å²) in [5, 5.41) is 0.416. The topological polar surface area (TPSA) is 29.1 Å². The number of aryl methyl sites for hydroxylation is 1. The maximum atomic E-state index is 14.2. The van der Waals surface area contributed by atoms with E-state index in [0.717, 1.165) is 5.75 Å². The van der Waals surface area contributed by atoms with E-state index in [2.05, 4.69) is 4.72 Å². The van der Waals surface area contributed by atoms with Gasteiger partial charge in [0.05, 0.1) is 0 Å². The molecular formula is C16H15ClFNOS. The zero-order chi connectivity index (χ0) is 15.4. The minimum Gasteiger partial charge on any atom is -0.296 e. The van der Waals surface area contributed by atoms with Gasteiger partial charge in [0, 0.05) is 27.5 Å². The molecule has 0 fully saturated rings. The number of carbonyl (C=O) groups excluding carboxylic acids is 1. The van der Waals surface area contributed by atoms with Gasteiger partial charge in [0.2, 0.25) is 0 Å². The molecule has 0 spiro atoms. The number of amides is 1. The molecule has 0 saturated carbocycles. The minimum atomic E-state index is -0.320. The molecule has 0 aromatic heterocycles. The van der Waals surface area contributed by atoms with Crippen LogP contribution < -0.4 is 4.72 Å². The number of nitrogens with one attached hydrogen (secondary N) is 1. The standard InChI is InChI=1S/C16H15ClFNOS/c1-3-21-19-16(20)11-7-8-14(17)13(9-11)12-6-4-5-10(2)15(12)18/h4-9H,3H2,1-2H3,(H,19,20). The van der Waals surface area contributed by atoms with Crippen LogP contribution in [-0.2, 0) is 0 Å². The van der Waals surface area contributed by atoms with E-state index >= 15 is 0 Å². The fraction of sp³-hybridized carbons (Fsp3) is 0.188. The zero-order valence-corrected chi connectivity index (χ0v) is 13.3. The first kappa shape index (κ1) is 15.9. The lowest BCUT2D eigenvalue weighted by atomic mass is 10.0. The van der Waals surface area contributed by atoms with Gasteiger partial charge < -0.3 is 0 Å². The molecule has 2 aromatic carbocycles. The summed E-state index contributed by atoms with van der Waals surface area (Å²) >= 11 is 7.48. The van der Waals surface area contributed by atoms with Crippen molar-refractivity contribution in [2.45, 2.75) is 13.8 Å². The molecule has 0 aliphatic rings. The van der Waals surface area contributed by atoms with Crippen molar-refractivity contribution in [3.05, 3.63) is 58.4 Å². The molecule has 0 radical (unpaired) electrons. The van der Waals surface area contributed by atoms with Gasteiger partial charge in [-0.1, -0.05) is 48.7 Å². The van der Waals surface area contributed by atoms with Crippen LogP contribution >= 0.6 is 23.5 Å². The zero-order valence-electron chi connectivity index (χ0n) is 11.7. The second kappa shape index (κ2) is 6.96. The van der Waals surface area contributed by atoms with Gasteiger partial charge in [-0.05, 0) is 30.7 Å². The van der Waals surface area contributed by atoms with Crippen molar-refractivity contribution in [1.29, 1.82) is 0 Å². The molecule has 2 nitrogen and oxygen atoms in total. The van der Waals surface area contributed by atoms with E-state index in [1.165, 1.54) is 11.9 Å². The molecule has 0 heterocycles. The van der Waals surface area contributed by atoms with Crippen LogP contribution in [0.2, 0.25) is 5.02 Å². The van der Waals surface area contributed by atoms with E-state index in [0.29, 0.717) is 27.3 Å². The summed E-state index contributed by atoms with van der Waals surface area (Å²) in [4.78, 5) is 12.0. The summed E-state index contributed by atoms with van der Waals surface area (Å²) in [7, 11) is 0. The third kappa shape index (κ3) is 3.57. The van der Waals surface area contributed by atoms with Gasteiger partial charge in [-0.2, -0.15) is 0 Å². The van der Waals surface area contributed by atoms with Crippen LogP contribution in [0, 0.1) is 12.7 Å². The Morgan fingerprint density at radius 1 is 1.29 bits per heavy atom. The molecule has 0 unspecified atom stereocenters. The van der Waals surface area contributed by atoms with Crippen molar-refractivity contribution in [2.75, 3.05) is 5.75 Å². The second-order valence-electron chi connectivity index (χ2n) is 4.50. The third-order valence-electron chi connectivity index (χ3n) is 3.02. The van der Waals surface area contributed by atoms with Gasteiger partial charge in [0.15, 0.2) is 0 Å². The van der Waals surface area contributed by atoms with Crippen LogP contribution in [0.3, 0.4) is 0 Å². The van der Waals surface area contributed by atoms with Crippen molar-refractivity contribution in [2.24, 2.45) is 0 Å². The molecule has 21 heavy (non-hydrogen) atoms. The maximum absolute atomic E-state index is 14.2. The van der Waals surface area contributed by atoms with Gasteiger partial charge in [-0.25, -0.2) is 4.39 Å². The summed E-state index contributed by atoms with van der Waals surface area (Å²) in [5.41, 5.74) is 1.92. The molecule has 5 heteroatoms. The van der Waals surface area contributed by atoms with Crippen molar-refractivity contribution >= 4 is 29.5 Å². The quantitative estimate of drug-likeness (QED) is 0.815. The van der Waals surface area contributed by atoms with Crippen LogP contribution in [0.25, 0.3) is 11.1 Å². The smallest absolute Gasteiger partial charge is 0.261 e. The van der Waals surface area contributed by atoms with E-state index in [-0.39, 0.29) is 11.7 Å². The largest absolute Gasteiger partial charge is 0.296 e. The Morgan fingerprint density at radius 2 is 2.05 bits per heavy atom. The SMILES string of the molecule is CCSNC(=O)c1ccc(Cl)c(-c2cccc(C)c2F)c1. The summed E-state index contributed by atoms with van der Waals surface area (Å²) in [5.74, 6) is 0.242. The molecule has 0 aliphatic heterocycles. The molecule has 2 rings (SSSR count). The van der Waals surface area contributed by atoms with Gasteiger partial charge >= 0.3 is 0 Å². The van der Waals surface area contributed by atoms with E-state index in [9.17, 15) is 9.18 Å². The van der Waals surface area contributed by atoms with Crippen LogP contribution in [0.1, 0.15) is 22.8 Å². The Morgan fingerprint density at radius 3 is 2.76 bits per heavy atom. The van der Waals surface area contributed by atoms with E-state index in [1.54, 1.807) is 43.3 Å². The van der Waals surface area contributed by atoms with Crippen LogP contribution in [0.15, 0.2) is 36.4 Å². The predicted octanol–water partition coefficient (Wildman–Crippen LogP) is 4.85. The summed E-state index contributed by atoms with van der Waals surface area (Å²) < 4.78 is 17.0. The summed E-state index contributed by atoms with van der Waals surface area (Å²) in [6, 6.07) is 9.98. The van der Waals surface area contributed by atoms with E-state index in [4.69, 9.17) is 11.6 Å². The Balaban J connectivity index is 2.44. The monoisotopic (exact) mass is 323 g/mol. The number of hydrogen-bond acceptors (Lipinski definition) is 2. The molecule has 110 valence electrons. The van der Waals surface area contributed by atoms with Gasteiger partial charge in [-0.15, -0.1) is 0 Å². The fourth-order valence-corrected chi connectivity index (χ4v) is 2.54. The molecular weight excluding hydrogens is 309 g/mol. The first-order valence-electron chi connectivity index (χ1n) is 6.51. The third-order valence-corrected chi connectivity index (χ3v) is 3.97. The number of hydrogen-bond donors (Lipinski definition) is 1. The number of benzene rings is 2. The van der Waals surface area contributed by atoms with Gasteiger partial charge in [0.1, 0.15) is 5.82 Å². The molecule has 0 saturated heterocycles. The van der Waals surface area contributed by atoms with Crippen LogP contribution in [0.4, 0.5) is 4.39 Å². The van der Waals surface area contributed by atoms with Crippen molar-refractivity contribution in [1.82, 2.24) is 4.72 Å². The van der Waals surface area contributed by atoms with Crippen molar-refractivity contribution in [3.63, 3.8) is 0 Å². The molecule has 0 atom stereocenters. The highest BCUT2D eigenvalue weighted by molar-refractivity contribution is 7.97. The number of rotatable bonds is 4. The van der Waals surface area contributed by atoms with E-state index in [1.807, 2.05) is 6.92 Å². The Hall–Kier alpha value is -1.52. The molecule has 1 amide bonds. The van der Waals surface area contributed by atoms with Crippen LogP contribution in [0.5, 0.6) is 0 Å². The highest BCUT2D eigenvalue weighted by Crippen LogP contribution is 2.32. The lowest BCUT2D eigenvalue weighted by Crippen LogP contribution is -2.16. The molecule has 2 aromatic rings. The predicted molar refractivity (Wildman–Crippen MR) is 87.2 cm³/mol. The average Bonchev–Trinajstić information content (AvgIpc) is 2.48. The first-order chi connectivity index (χ1) is 10.0. The van der Waals surface area contributed by atoms with Crippen molar-refractivity contribution in [3.8, 4) is 11.1 Å². The first-order valence-corrected chi connectivity index (χ1v) is 7.88. The van der Waals surface area contributed by atoms with Crippen molar-refractivity contribution < 1.29 is 9.18 Å². The lowest BCUT2D eigenvalue weighted by Gasteiger charge is -2.10. The maximum Gasteiger partial charge on any atom is 0.261 e. The van der Waals surface area contributed by atoms with Gasteiger partial charge in [-0.3, -0.25) is 9.52 Å². The second-order valence-corrected chi connectivity index (χ2v) is 5.97. The van der Waals surface area contributed by atoms with Crippen LogP contribution in [-0.4, -0.2) is 11.7 Å². The lowest BCUT2D eigenvalue weighted by molar-refractivity contribution is 0.0984. The number of carbonyl (C=O) groups is 1.